The van der Waals surface area contributed by atoms with Gasteiger partial charge in [0, 0.05) is 6.54 Å². The van der Waals surface area contributed by atoms with E-state index in [4.69, 9.17) is 10.9 Å². The Hall–Kier alpha value is -1.55. The van der Waals surface area contributed by atoms with Crippen LogP contribution in [0.4, 0.5) is 0 Å². The van der Waals surface area contributed by atoms with Gasteiger partial charge in [-0.15, -0.1) is 0 Å². The summed E-state index contributed by atoms with van der Waals surface area (Å²) in [6.45, 7) is 7.06. The van der Waals surface area contributed by atoms with Crippen LogP contribution in [-0.4, -0.2) is 35.6 Å². The van der Waals surface area contributed by atoms with Crippen molar-refractivity contribution in [3.8, 4) is 0 Å². The van der Waals surface area contributed by atoms with Crippen LogP contribution in [-0.2, 0) is 0 Å². The van der Waals surface area contributed by atoms with Crippen molar-refractivity contribution in [1.82, 2.24) is 4.90 Å². The van der Waals surface area contributed by atoms with Gasteiger partial charge in [0.05, 0.1) is 5.92 Å². The molecule has 0 spiro atoms. The fraction of sp³-hybridized carbons (Fsp3) is 0.500. The van der Waals surface area contributed by atoms with Crippen molar-refractivity contribution in [3.05, 3.63) is 35.9 Å². The van der Waals surface area contributed by atoms with Crippen LogP contribution in [0, 0.1) is 0 Å². The Bertz CT molecular complexity index is 365. The second kappa shape index (κ2) is 7.71. The normalized spacial score (nSPS) is 13.8. The summed E-state index contributed by atoms with van der Waals surface area (Å²) in [7, 11) is 0. The molecule has 0 aromatic heterocycles. The fourth-order valence-corrected chi connectivity index (χ4v) is 2.08. The molecule has 1 atom stereocenters. The lowest BCUT2D eigenvalue weighted by Gasteiger charge is -2.25. The largest absolute Gasteiger partial charge is 0.409 e. The number of likely N-dealkylation sites (N-methyl/N-ethyl adjacent to an activating group) is 1. The average molecular weight is 249 g/mol. The van der Waals surface area contributed by atoms with Gasteiger partial charge < -0.3 is 15.8 Å². The van der Waals surface area contributed by atoms with Crippen LogP contribution in [0.1, 0.15) is 31.7 Å². The molecule has 3 N–H and O–H groups in total. The smallest absolute Gasteiger partial charge is 0.147 e. The first-order valence-corrected chi connectivity index (χ1v) is 6.47. The molecule has 0 amide bonds. The van der Waals surface area contributed by atoms with E-state index < -0.39 is 0 Å². The van der Waals surface area contributed by atoms with Crippen molar-refractivity contribution in [2.75, 3.05) is 19.6 Å². The molecular weight excluding hydrogens is 226 g/mol. The highest BCUT2D eigenvalue weighted by Crippen LogP contribution is 2.17. The maximum atomic E-state index is 8.93. The van der Waals surface area contributed by atoms with E-state index in [1.807, 2.05) is 30.3 Å². The minimum atomic E-state index is -0.0531. The minimum Gasteiger partial charge on any atom is -0.409 e. The summed E-state index contributed by atoms with van der Waals surface area (Å²) >= 11 is 0. The second-order valence-corrected chi connectivity index (χ2v) is 4.38. The molecule has 0 radical (unpaired) electrons. The molecule has 0 fully saturated rings. The number of hydrogen-bond acceptors (Lipinski definition) is 3. The quantitative estimate of drug-likeness (QED) is 0.337. The van der Waals surface area contributed by atoms with E-state index in [0.29, 0.717) is 0 Å². The number of hydrogen-bond donors (Lipinski definition) is 2. The Kier molecular flexibility index (Phi) is 6.22. The van der Waals surface area contributed by atoms with Crippen molar-refractivity contribution < 1.29 is 5.21 Å². The number of oxime groups is 1. The van der Waals surface area contributed by atoms with Crippen molar-refractivity contribution in [2.24, 2.45) is 10.9 Å². The summed E-state index contributed by atoms with van der Waals surface area (Å²) in [5.74, 6) is 0.221. The van der Waals surface area contributed by atoms with E-state index in [1.54, 1.807) is 0 Å². The maximum Gasteiger partial charge on any atom is 0.147 e. The Balaban J connectivity index is 2.86. The zero-order valence-corrected chi connectivity index (χ0v) is 11.2. The lowest BCUT2D eigenvalue weighted by molar-refractivity contribution is 0.279. The molecule has 4 nitrogen and oxygen atoms in total. The molecule has 18 heavy (non-hydrogen) atoms. The number of rotatable bonds is 7. The van der Waals surface area contributed by atoms with Crippen LogP contribution in [0.5, 0.6) is 0 Å². The maximum absolute atomic E-state index is 8.93. The van der Waals surface area contributed by atoms with E-state index >= 15 is 0 Å². The van der Waals surface area contributed by atoms with Gasteiger partial charge in [-0.2, -0.15) is 0 Å². The predicted octanol–water partition coefficient (Wildman–Crippen LogP) is 2.25. The van der Waals surface area contributed by atoms with Crippen molar-refractivity contribution in [3.63, 3.8) is 0 Å². The summed E-state index contributed by atoms with van der Waals surface area (Å²) in [5, 5.41) is 12.1. The Labute approximate surface area is 109 Å². The fourth-order valence-electron chi connectivity index (χ4n) is 2.08. The molecule has 1 aromatic carbocycles. The average Bonchev–Trinajstić information content (AvgIpc) is 2.43. The molecule has 0 aliphatic rings. The summed E-state index contributed by atoms with van der Waals surface area (Å²) in [6.07, 6.45) is 1.10. The monoisotopic (exact) mass is 249 g/mol. The third kappa shape index (κ3) is 4.04. The topological polar surface area (TPSA) is 61.8 Å². The molecule has 1 aromatic rings. The summed E-state index contributed by atoms with van der Waals surface area (Å²) in [5.41, 5.74) is 6.91. The van der Waals surface area contributed by atoms with Gasteiger partial charge in [-0.1, -0.05) is 49.3 Å². The van der Waals surface area contributed by atoms with E-state index in [1.165, 1.54) is 0 Å². The van der Waals surface area contributed by atoms with Crippen molar-refractivity contribution >= 4 is 5.84 Å². The molecule has 4 heteroatoms. The van der Waals surface area contributed by atoms with E-state index in [2.05, 4.69) is 23.9 Å². The van der Waals surface area contributed by atoms with E-state index in [9.17, 15) is 0 Å². The molecule has 0 aliphatic heterocycles. The Morgan fingerprint density at radius 1 is 1.33 bits per heavy atom. The molecule has 0 saturated carbocycles. The summed E-state index contributed by atoms with van der Waals surface area (Å²) in [6, 6.07) is 9.95. The lowest BCUT2D eigenvalue weighted by Crippen LogP contribution is -2.35. The molecule has 100 valence electrons. The Morgan fingerprint density at radius 3 is 2.50 bits per heavy atom. The highest BCUT2D eigenvalue weighted by atomic mass is 16.4. The van der Waals surface area contributed by atoms with Crippen LogP contribution >= 0.6 is 0 Å². The van der Waals surface area contributed by atoms with E-state index in [-0.39, 0.29) is 11.8 Å². The first-order valence-electron chi connectivity index (χ1n) is 6.47. The third-order valence-electron chi connectivity index (χ3n) is 3.10. The van der Waals surface area contributed by atoms with Gasteiger partial charge >= 0.3 is 0 Å². The highest BCUT2D eigenvalue weighted by Gasteiger charge is 2.19. The van der Waals surface area contributed by atoms with Gasteiger partial charge in [-0.3, -0.25) is 0 Å². The number of benzene rings is 1. The molecular formula is C14H23N3O. The highest BCUT2D eigenvalue weighted by molar-refractivity contribution is 5.87. The zero-order chi connectivity index (χ0) is 13.4. The minimum absolute atomic E-state index is 0.0531. The number of nitrogens with two attached hydrogens (primary N) is 1. The summed E-state index contributed by atoms with van der Waals surface area (Å²) in [4.78, 5) is 2.32. The molecule has 0 bridgehead atoms. The number of amidine groups is 1. The first kappa shape index (κ1) is 14.5. The molecule has 0 heterocycles. The van der Waals surface area contributed by atoms with Crippen LogP contribution in [0.25, 0.3) is 0 Å². The standard InChI is InChI=1S/C14H23N3O/c1-3-10-17(4-2)11-13(14(15)16-18)12-8-6-5-7-9-12/h5-9,13,18H,3-4,10-11H2,1-2H3,(H2,15,16). The van der Waals surface area contributed by atoms with Crippen LogP contribution in [0.2, 0.25) is 0 Å². The second-order valence-electron chi connectivity index (χ2n) is 4.38. The number of nitrogens with zero attached hydrogens (tertiary/aromatic N) is 2. The van der Waals surface area contributed by atoms with Crippen LogP contribution in [0.3, 0.4) is 0 Å². The predicted molar refractivity (Wildman–Crippen MR) is 75.0 cm³/mol. The zero-order valence-electron chi connectivity index (χ0n) is 11.2. The molecule has 1 unspecified atom stereocenters. The van der Waals surface area contributed by atoms with Crippen molar-refractivity contribution in [2.45, 2.75) is 26.2 Å². The van der Waals surface area contributed by atoms with Crippen LogP contribution in [0.15, 0.2) is 35.5 Å². The molecule has 1 rings (SSSR count). The first-order chi connectivity index (χ1) is 8.72. The third-order valence-corrected chi connectivity index (χ3v) is 3.10. The van der Waals surface area contributed by atoms with E-state index in [0.717, 1.165) is 31.6 Å². The Morgan fingerprint density at radius 2 is 2.00 bits per heavy atom. The SMILES string of the molecule is CCCN(CC)CC(C(N)=NO)c1ccccc1. The summed E-state index contributed by atoms with van der Waals surface area (Å²) < 4.78 is 0. The van der Waals surface area contributed by atoms with Gasteiger partial charge in [0.15, 0.2) is 0 Å². The molecule has 0 aliphatic carbocycles. The van der Waals surface area contributed by atoms with Gasteiger partial charge in [0.25, 0.3) is 0 Å². The van der Waals surface area contributed by atoms with Gasteiger partial charge in [-0.05, 0) is 25.1 Å². The van der Waals surface area contributed by atoms with Crippen molar-refractivity contribution in [1.29, 1.82) is 0 Å². The van der Waals surface area contributed by atoms with Gasteiger partial charge in [0.2, 0.25) is 0 Å². The molecule has 0 saturated heterocycles. The lowest BCUT2D eigenvalue weighted by atomic mass is 9.97. The van der Waals surface area contributed by atoms with Gasteiger partial charge in [0.1, 0.15) is 5.84 Å². The van der Waals surface area contributed by atoms with Crippen LogP contribution < -0.4 is 5.73 Å². The van der Waals surface area contributed by atoms with Gasteiger partial charge in [-0.25, -0.2) is 0 Å².